The first-order valence-corrected chi connectivity index (χ1v) is 18.6. The smallest absolute Gasteiger partial charge is 0.340 e. The van der Waals surface area contributed by atoms with E-state index < -0.39 is 46.1 Å². The van der Waals surface area contributed by atoms with Crippen molar-refractivity contribution in [2.24, 2.45) is 0 Å². The van der Waals surface area contributed by atoms with Crippen molar-refractivity contribution in [2.45, 2.75) is 73.1 Å². The van der Waals surface area contributed by atoms with Gasteiger partial charge in [-0.25, -0.2) is 9.59 Å². The molecule has 12 heteroatoms. The van der Waals surface area contributed by atoms with Crippen LogP contribution in [0.4, 0.5) is 22.7 Å². The quantitative estimate of drug-likeness (QED) is 0.0431. The largest absolute Gasteiger partial charge is 0.507 e. The Labute approximate surface area is 319 Å². The number of anilines is 4. The zero-order valence-corrected chi connectivity index (χ0v) is 31.9. The van der Waals surface area contributed by atoms with Gasteiger partial charge in [-0.15, -0.1) is 0 Å². The molecule has 0 saturated heterocycles. The van der Waals surface area contributed by atoms with Crippen LogP contribution >= 0.6 is 11.6 Å². The number of hydrogen-bond donors (Lipinski definition) is 4. The van der Waals surface area contributed by atoms with Crippen molar-refractivity contribution >= 4 is 57.9 Å². The summed E-state index contributed by atoms with van der Waals surface area (Å²) in [5, 5.41) is 28.1. The van der Waals surface area contributed by atoms with E-state index in [0.29, 0.717) is 28.9 Å². The lowest BCUT2D eigenvalue weighted by Gasteiger charge is -2.29. The van der Waals surface area contributed by atoms with E-state index in [1.165, 1.54) is 0 Å². The Morgan fingerprint density at radius 3 is 1.63 bits per heavy atom. The van der Waals surface area contributed by atoms with Gasteiger partial charge in [-0.1, -0.05) is 74.9 Å². The number of nitrogens with one attached hydrogen (secondary N) is 2. The first-order valence-electron chi connectivity index (χ1n) is 18.2. The predicted molar refractivity (Wildman–Crippen MR) is 208 cm³/mol. The number of carbonyl (C=O) groups excluding carboxylic acids is 4. The highest BCUT2D eigenvalue weighted by molar-refractivity contribution is 6.43. The topological polar surface area (TPSA) is 160 Å². The molecule has 1 aliphatic rings. The van der Waals surface area contributed by atoms with Crippen LogP contribution in [0, 0.1) is 13.8 Å². The lowest BCUT2D eigenvalue weighted by atomic mass is 9.81. The monoisotopic (exact) mass is 756 g/mol. The second-order valence-corrected chi connectivity index (χ2v) is 13.3. The number of ether oxygens (including phenoxy) is 3. The molecule has 4 aromatic rings. The molecule has 1 aliphatic carbocycles. The van der Waals surface area contributed by atoms with E-state index in [4.69, 9.17) is 25.8 Å². The van der Waals surface area contributed by atoms with Gasteiger partial charge >= 0.3 is 11.9 Å². The number of phenols is 2. The summed E-state index contributed by atoms with van der Waals surface area (Å²) in [5.41, 5.74) is 0.999. The van der Waals surface area contributed by atoms with Crippen molar-refractivity contribution in [3.63, 3.8) is 0 Å². The minimum Gasteiger partial charge on any atom is -0.507 e. The third-order valence-electron chi connectivity index (χ3n) is 9.24. The maximum atomic E-state index is 14.5. The normalized spacial score (nSPS) is 11.8. The fraction of sp³-hybridized carbons (Fsp3) is 0.333. The van der Waals surface area contributed by atoms with E-state index in [9.17, 15) is 29.4 Å². The van der Waals surface area contributed by atoms with Gasteiger partial charge in [0.25, 0.3) is 0 Å². The second-order valence-electron chi connectivity index (χ2n) is 13.0. The number of carbonyl (C=O) groups is 4. The van der Waals surface area contributed by atoms with Gasteiger partial charge in [0.2, 0.25) is 5.78 Å². The molecule has 5 rings (SSSR count). The number of aryl methyl sites for hydroxylation is 2. The molecule has 284 valence electrons. The molecule has 0 fully saturated rings. The molecular weight excluding hydrogens is 712 g/mol. The molecule has 0 heterocycles. The van der Waals surface area contributed by atoms with E-state index in [1.807, 2.05) is 0 Å². The standard InChI is InChI=1S/C42H45ClN2O9/c1-6-9-10-11-12-13-22-54-40-32-31(38(48)29-27(46)20-21-28(47)30(29)39(32)49)33(43)36(44-34-23(4)16-14-18-25(34)41(50)52-7-2)37(40)45-35-24(5)17-15-19-26(35)42(51)53-8-3/h14-21,44-47H,6-13,22H2,1-5H3. The first kappa shape index (κ1) is 39.7. The number of rotatable bonds is 16. The molecule has 0 amide bonds. The molecule has 0 aromatic heterocycles. The summed E-state index contributed by atoms with van der Waals surface area (Å²) < 4.78 is 17.2. The van der Waals surface area contributed by atoms with Crippen LogP contribution in [0.25, 0.3) is 0 Å². The molecular formula is C42H45ClN2O9. The predicted octanol–water partition coefficient (Wildman–Crippen LogP) is 9.72. The number of esters is 2. The maximum Gasteiger partial charge on any atom is 0.340 e. The minimum absolute atomic E-state index is 0.0375. The van der Waals surface area contributed by atoms with Crippen LogP contribution in [0.2, 0.25) is 5.02 Å². The van der Waals surface area contributed by atoms with Crippen LogP contribution < -0.4 is 15.4 Å². The Balaban J connectivity index is 1.83. The average Bonchev–Trinajstić information content (AvgIpc) is 3.14. The fourth-order valence-electron chi connectivity index (χ4n) is 6.53. The lowest BCUT2D eigenvalue weighted by molar-refractivity contribution is 0.0517. The van der Waals surface area contributed by atoms with E-state index >= 15 is 0 Å². The number of fused-ring (bicyclic) bond motifs is 2. The van der Waals surface area contributed by atoms with E-state index in [2.05, 4.69) is 17.6 Å². The summed E-state index contributed by atoms with van der Waals surface area (Å²) in [6.45, 7) is 9.43. The zero-order chi connectivity index (χ0) is 39.1. The Kier molecular flexibility index (Phi) is 12.9. The third kappa shape index (κ3) is 7.87. The molecule has 0 spiro atoms. The first-order chi connectivity index (χ1) is 26.0. The Morgan fingerprint density at radius 2 is 1.11 bits per heavy atom. The van der Waals surface area contributed by atoms with Crippen LogP contribution in [0.3, 0.4) is 0 Å². The highest BCUT2D eigenvalue weighted by Crippen LogP contribution is 2.52. The third-order valence-corrected chi connectivity index (χ3v) is 9.62. The summed E-state index contributed by atoms with van der Waals surface area (Å²) in [6.07, 6.45) is 5.67. The Bertz CT molecular complexity index is 2110. The Hall–Kier alpha value is -5.55. The van der Waals surface area contributed by atoms with Gasteiger partial charge in [-0.3, -0.25) is 9.59 Å². The summed E-state index contributed by atoms with van der Waals surface area (Å²) in [4.78, 5) is 55.4. The molecule has 0 atom stereocenters. The number of benzene rings is 4. The SMILES string of the molecule is CCCCCCCCOc1c(Nc2c(C)cccc2C(=O)OCC)c(Nc2c(C)cccc2C(=O)OCC)c(Cl)c2c1C(=O)c1c(O)ccc(O)c1C2=O. The number of phenolic OH excluding ortho intramolecular Hbond substituents is 2. The van der Waals surface area contributed by atoms with Gasteiger partial charge < -0.3 is 35.1 Å². The number of para-hydroxylation sites is 2. The maximum absolute atomic E-state index is 14.5. The fourth-order valence-corrected chi connectivity index (χ4v) is 6.85. The summed E-state index contributed by atoms with van der Waals surface area (Å²) in [6, 6.07) is 12.4. The van der Waals surface area contributed by atoms with E-state index in [0.717, 1.165) is 44.2 Å². The van der Waals surface area contributed by atoms with Gasteiger partial charge in [0.05, 0.1) is 75.3 Å². The van der Waals surface area contributed by atoms with Gasteiger partial charge in [0.1, 0.15) is 17.2 Å². The van der Waals surface area contributed by atoms with Crippen molar-refractivity contribution in [1.82, 2.24) is 0 Å². The van der Waals surface area contributed by atoms with Gasteiger partial charge in [0.15, 0.2) is 11.5 Å². The Morgan fingerprint density at radius 1 is 0.630 bits per heavy atom. The second kappa shape index (κ2) is 17.5. The van der Waals surface area contributed by atoms with Crippen LogP contribution in [-0.2, 0) is 9.47 Å². The minimum atomic E-state index is -0.824. The molecule has 0 unspecified atom stereocenters. The molecule has 0 radical (unpaired) electrons. The molecule has 11 nitrogen and oxygen atoms in total. The summed E-state index contributed by atoms with van der Waals surface area (Å²) >= 11 is 7.23. The van der Waals surface area contributed by atoms with Crippen molar-refractivity contribution < 1.29 is 43.6 Å². The summed E-state index contributed by atoms with van der Waals surface area (Å²) in [7, 11) is 0. The average molecular weight is 757 g/mol. The highest BCUT2D eigenvalue weighted by Gasteiger charge is 2.41. The van der Waals surface area contributed by atoms with Gasteiger partial charge in [-0.05, 0) is 69.5 Å². The van der Waals surface area contributed by atoms with Gasteiger partial charge in [-0.2, -0.15) is 0 Å². The van der Waals surface area contributed by atoms with E-state index in [1.54, 1.807) is 64.1 Å². The van der Waals surface area contributed by atoms with Crippen LogP contribution in [0.1, 0.15) is 123 Å². The summed E-state index contributed by atoms with van der Waals surface area (Å²) in [5.74, 6) is -3.96. The van der Waals surface area contributed by atoms with Gasteiger partial charge in [0, 0.05) is 0 Å². The molecule has 0 bridgehead atoms. The number of hydrogen-bond acceptors (Lipinski definition) is 11. The molecule has 4 aromatic carbocycles. The zero-order valence-electron chi connectivity index (χ0n) is 31.1. The van der Waals surface area contributed by atoms with Crippen LogP contribution in [0.15, 0.2) is 48.5 Å². The highest BCUT2D eigenvalue weighted by atomic mass is 35.5. The van der Waals surface area contributed by atoms with Crippen molar-refractivity contribution in [3.8, 4) is 17.2 Å². The van der Waals surface area contributed by atoms with Crippen molar-refractivity contribution in [1.29, 1.82) is 0 Å². The van der Waals surface area contributed by atoms with Crippen LogP contribution in [-0.4, -0.2) is 53.5 Å². The number of unbranched alkanes of at least 4 members (excludes halogenated alkanes) is 5. The molecule has 0 saturated carbocycles. The lowest BCUT2D eigenvalue weighted by Crippen LogP contribution is -2.24. The number of ketones is 2. The molecule has 0 aliphatic heterocycles. The number of halogens is 1. The van der Waals surface area contributed by atoms with E-state index in [-0.39, 0.29) is 64.2 Å². The number of aromatic hydroxyl groups is 2. The molecule has 54 heavy (non-hydrogen) atoms. The molecule has 4 N–H and O–H groups in total. The van der Waals surface area contributed by atoms with Crippen molar-refractivity contribution in [3.05, 3.63) is 98.1 Å². The van der Waals surface area contributed by atoms with Crippen molar-refractivity contribution in [2.75, 3.05) is 30.5 Å². The van der Waals surface area contributed by atoms with Crippen LogP contribution in [0.5, 0.6) is 17.2 Å².